The zero-order chi connectivity index (χ0) is 9.35. The maximum absolute atomic E-state index is 11.7. The zero-order valence-corrected chi connectivity index (χ0v) is 7.97. The normalized spacial score (nSPS) is 11.7. The molecule has 0 fully saturated rings. The summed E-state index contributed by atoms with van der Waals surface area (Å²) in [5.41, 5.74) is 0.553. The van der Waals surface area contributed by atoms with Gasteiger partial charge in [0.15, 0.2) is 5.76 Å². The highest BCUT2D eigenvalue weighted by atomic mass is 16.3. The summed E-state index contributed by atoms with van der Waals surface area (Å²) in [4.78, 5) is 11.7. The molecule has 2 nitrogen and oxygen atoms in total. The van der Waals surface area contributed by atoms with Gasteiger partial charge in [-0.05, 0) is 18.6 Å². The molecule has 0 aromatic carbocycles. The third-order valence-corrected chi connectivity index (χ3v) is 1.75. The van der Waals surface area contributed by atoms with Gasteiger partial charge in [-0.25, -0.2) is 0 Å². The lowest BCUT2D eigenvalue weighted by Crippen LogP contribution is -2.20. The van der Waals surface area contributed by atoms with Gasteiger partial charge in [0.1, 0.15) is 0 Å². The minimum absolute atomic E-state index is 0.0602. The molecular formula is C10H14O2. The molecule has 0 atom stereocenters. The van der Waals surface area contributed by atoms with Gasteiger partial charge in [-0.1, -0.05) is 20.8 Å². The molecule has 0 aliphatic heterocycles. The van der Waals surface area contributed by atoms with Gasteiger partial charge >= 0.3 is 0 Å². The molecule has 2 heteroatoms. The maximum atomic E-state index is 11.7. The highest BCUT2D eigenvalue weighted by molar-refractivity contribution is 5.98. The lowest BCUT2D eigenvalue weighted by molar-refractivity contribution is 0.0827. The lowest BCUT2D eigenvalue weighted by Gasteiger charge is -2.14. The molecule has 66 valence electrons. The van der Waals surface area contributed by atoms with E-state index in [1.807, 2.05) is 27.7 Å². The first kappa shape index (κ1) is 9.04. The van der Waals surface area contributed by atoms with Crippen LogP contribution in [0.1, 0.15) is 36.9 Å². The molecule has 0 radical (unpaired) electrons. The van der Waals surface area contributed by atoms with Crippen LogP contribution in [0.4, 0.5) is 0 Å². The van der Waals surface area contributed by atoms with Crippen molar-refractivity contribution in [3.05, 3.63) is 23.7 Å². The Hall–Kier alpha value is -1.05. The second-order valence-electron chi connectivity index (χ2n) is 4.01. The van der Waals surface area contributed by atoms with E-state index in [4.69, 9.17) is 4.42 Å². The van der Waals surface area contributed by atoms with Crippen molar-refractivity contribution in [1.29, 1.82) is 0 Å². The van der Waals surface area contributed by atoms with Gasteiger partial charge in [0.05, 0.1) is 6.26 Å². The average Bonchev–Trinajstić information content (AvgIpc) is 2.31. The molecule has 0 bridgehead atoms. The van der Waals surface area contributed by atoms with Crippen LogP contribution in [0.25, 0.3) is 0 Å². The Balaban J connectivity index is 3.01. The fourth-order valence-electron chi connectivity index (χ4n) is 0.946. The number of hydrogen-bond acceptors (Lipinski definition) is 2. The maximum Gasteiger partial charge on any atom is 0.203 e. The minimum Gasteiger partial charge on any atom is -0.461 e. The van der Waals surface area contributed by atoms with Gasteiger partial charge in [0, 0.05) is 5.41 Å². The van der Waals surface area contributed by atoms with Crippen molar-refractivity contribution >= 4 is 5.78 Å². The molecule has 0 amide bonds. The molecule has 0 aliphatic carbocycles. The molecule has 12 heavy (non-hydrogen) atoms. The summed E-state index contributed by atoms with van der Waals surface area (Å²) < 4.78 is 5.10. The number of rotatable bonds is 1. The van der Waals surface area contributed by atoms with Crippen molar-refractivity contribution < 1.29 is 9.21 Å². The predicted molar refractivity (Wildman–Crippen MR) is 47.2 cm³/mol. The first-order valence-corrected chi connectivity index (χ1v) is 4.02. The molecule has 1 aromatic heterocycles. The standard InChI is InChI=1S/C10H14O2/c1-7-5-6-12-8(7)9(11)10(2,3)4/h5-6H,1-4H3. The van der Waals surface area contributed by atoms with Crippen LogP contribution in [0.3, 0.4) is 0 Å². The number of hydrogen-bond donors (Lipinski definition) is 0. The van der Waals surface area contributed by atoms with Crippen LogP contribution in [-0.2, 0) is 0 Å². The molecule has 1 heterocycles. The molecule has 0 saturated heterocycles. The second-order valence-corrected chi connectivity index (χ2v) is 4.01. The summed E-state index contributed by atoms with van der Waals surface area (Å²) >= 11 is 0. The zero-order valence-electron chi connectivity index (χ0n) is 7.97. The van der Waals surface area contributed by atoms with E-state index in [1.54, 1.807) is 12.3 Å². The molecule has 1 rings (SSSR count). The SMILES string of the molecule is Cc1ccoc1C(=O)C(C)(C)C. The van der Waals surface area contributed by atoms with Crippen LogP contribution in [0.2, 0.25) is 0 Å². The van der Waals surface area contributed by atoms with Crippen LogP contribution in [0.5, 0.6) is 0 Å². The van der Waals surface area contributed by atoms with E-state index in [1.165, 1.54) is 0 Å². The Morgan fingerprint density at radius 1 is 1.42 bits per heavy atom. The summed E-state index contributed by atoms with van der Waals surface area (Å²) in [6, 6.07) is 1.80. The largest absolute Gasteiger partial charge is 0.461 e. The Morgan fingerprint density at radius 2 is 2.00 bits per heavy atom. The van der Waals surface area contributed by atoms with E-state index in [2.05, 4.69) is 0 Å². The molecule has 0 spiro atoms. The number of furan rings is 1. The summed E-state index contributed by atoms with van der Waals surface area (Å²) in [7, 11) is 0. The highest BCUT2D eigenvalue weighted by Gasteiger charge is 2.26. The van der Waals surface area contributed by atoms with E-state index in [-0.39, 0.29) is 11.2 Å². The first-order chi connectivity index (χ1) is 5.43. The van der Waals surface area contributed by atoms with Crippen molar-refractivity contribution in [3.63, 3.8) is 0 Å². The number of ketones is 1. The molecule has 0 aliphatic rings. The first-order valence-electron chi connectivity index (χ1n) is 4.02. The van der Waals surface area contributed by atoms with Gasteiger partial charge < -0.3 is 4.42 Å². The molecule has 0 unspecified atom stereocenters. The third kappa shape index (κ3) is 1.58. The number of carbonyl (C=O) groups is 1. The highest BCUT2D eigenvalue weighted by Crippen LogP contribution is 2.23. The summed E-state index contributed by atoms with van der Waals surface area (Å²) in [6.45, 7) is 7.54. The Kier molecular flexibility index (Phi) is 2.09. The summed E-state index contributed by atoms with van der Waals surface area (Å²) in [5, 5.41) is 0. The number of carbonyl (C=O) groups excluding carboxylic acids is 1. The minimum atomic E-state index is -0.359. The molecular weight excluding hydrogens is 152 g/mol. The van der Waals surface area contributed by atoms with Crippen molar-refractivity contribution in [2.24, 2.45) is 5.41 Å². The topological polar surface area (TPSA) is 30.2 Å². The third-order valence-electron chi connectivity index (χ3n) is 1.75. The number of aryl methyl sites for hydroxylation is 1. The monoisotopic (exact) mass is 166 g/mol. The van der Waals surface area contributed by atoms with Crippen molar-refractivity contribution in [2.75, 3.05) is 0 Å². The Morgan fingerprint density at radius 3 is 2.33 bits per heavy atom. The van der Waals surface area contributed by atoms with Crippen molar-refractivity contribution in [2.45, 2.75) is 27.7 Å². The van der Waals surface area contributed by atoms with Crippen molar-refractivity contribution in [3.8, 4) is 0 Å². The molecule has 0 N–H and O–H groups in total. The fourth-order valence-corrected chi connectivity index (χ4v) is 0.946. The lowest BCUT2D eigenvalue weighted by atomic mass is 9.88. The van der Waals surface area contributed by atoms with Crippen LogP contribution in [-0.4, -0.2) is 5.78 Å². The van der Waals surface area contributed by atoms with Gasteiger partial charge in [-0.3, -0.25) is 4.79 Å². The summed E-state index contributed by atoms with van der Waals surface area (Å²) in [5.74, 6) is 0.549. The molecule has 1 aromatic rings. The van der Waals surface area contributed by atoms with E-state index in [9.17, 15) is 4.79 Å². The second kappa shape index (κ2) is 2.77. The van der Waals surface area contributed by atoms with Crippen LogP contribution < -0.4 is 0 Å². The van der Waals surface area contributed by atoms with E-state index >= 15 is 0 Å². The summed E-state index contributed by atoms with van der Waals surface area (Å²) in [6.07, 6.45) is 1.55. The smallest absolute Gasteiger partial charge is 0.203 e. The fraction of sp³-hybridized carbons (Fsp3) is 0.500. The Bertz CT molecular complexity index is 289. The number of Topliss-reactive ketones (excluding diaryl/α,β-unsaturated/α-hetero) is 1. The van der Waals surface area contributed by atoms with E-state index in [0.29, 0.717) is 5.76 Å². The predicted octanol–water partition coefficient (Wildman–Crippen LogP) is 2.82. The Labute approximate surface area is 72.6 Å². The van der Waals surface area contributed by atoms with E-state index in [0.717, 1.165) is 5.56 Å². The van der Waals surface area contributed by atoms with Crippen molar-refractivity contribution in [1.82, 2.24) is 0 Å². The van der Waals surface area contributed by atoms with Crippen LogP contribution in [0, 0.1) is 12.3 Å². The average molecular weight is 166 g/mol. The quantitative estimate of drug-likeness (QED) is 0.600. The van der Waals surface area contributed by atoms with Crippen LogP contribution in [0.15, 0.2) is 16.7 Å². The van der Waals surface area contributed by atoms with Gasteiger partial charge in [0.2, 0.25) is 5.78 Å². The van der Waals surface area contributed by atoms with Gasteiger partial charge in [0.25, 0.3) is 0 Å². The molecule has 0 saturated carbocycles. The van der Waals surface area contributed by atoms with Crippen LogP contribution >= 0.6 is 0 Å². The van der Waals surface area contributed by atoms with Gasteiger partial charge in [-0.15, -0.1) is 0 Å². The van der Waals surface area contributed by atoms with Gasteiger partial charge in [-0.2, -0.15) is 0 Å². The van der Waals surface area contributed by atoms with E-state index < -0.39 is 0 Å².